The number of esters is 1. The molecule has 0 heterocycles. The highest BCUT2D eigenvalue weighted by atomic mass is 16.5. The van der Waals surface area contributed by atoms with E-state index in [0.29, 0.717) is 25.9 Å². The van der Waals surface area contributed by atoms with Gasteiger partial charge in [-0.05, 0) is 57.8 Å². The number of amides is 1. The zero-order chi connectivity index (χ0) is 54.4. The van der Waals surface area contributed by atoms with Crippen LogP contribution in [-0.2, 0) is 14.3 Å². The number of aliphatic hydroxyl groups is 3. The minimum absolute atomic E-state index is 0.00312. The number of carbonyl (C=O) groups is 2. The zero-order valence-electron chi connectivity index (χ0n) is 50.4. The molecule has 0 aromatic carbocycles. The second-order valence-corrected chi connectivity index (χ2v) is 23.3. The standard InChI is InChI=1S/C68H131NO6/c1-3-5-7-9-11-13-15-17-33-37-41-45-49-53-57-61-67(73)75-62-58-54-50-46-42-38-35-32-30-28-26-24-22-20-18-19-21-23-25-27-29-31-34-36-40-44-48-52-56-60-66(72)69-64(63-70)68(74)65(71)59-55-51-47-43-39-16-14-12-10-8-6-4-2/h11,13,17,33,64-65,68,70-71,74H,3-10,12,14-16,18-32,34-63H2,1-2H3,(H,69,72)/b13-11-,33-17-/t64-,65+,68-/m0/s1. The molecule has 0 aliphatic carbocycles. The number of ether oxygens (including phenoxy) is 1. The summed E-state index contributed by atoms with van der Waals surface area (Å²) in [6.07, 6.45) is 75.3. The van der Waals surface area contributed by atoms with E-state index >= 15 is 0 Å². The van der Waals surface area contributed by atoms with Crippen LogP contribution in [0.25, 0.3) is 0 Å². The Balaban J connectivity index is 3.37. The van der Waals surface area contributed by atoms with Crippen LogP contribution in [0, 0.1) is 0 Å². The first kappa shape index (κ1) is 73.3. The van der Waals surface area contributed by atoms with Crippen LogP contribution >= 0.6 is 0 Å². The normalized spacial score (nSPS) is 13.1. The summed E-state index contributed by atoms with van der Waals surface area (Å²) in [6, 6.07) is -0.811. The number of rotatable bonds is 63. The van der Waals surface area contributed by atoms with Gasteiger partial charge < -0.3 is 25.4 Å². The van der Waals surface area contributed by atoms with Gasteiger partial charge in [-0.25, -0.2) is 0 Å². The van der Waals surface area contributed by atoms with Gasteiger partial charge in [0.15, 0.2) is 0 Å². The summed E-state index contributed by atoms with van der Waals surface area (Å²) in [5, 5.41) is 33.7. The van der Waals surface area contributed by atoms with Crippen molar-refractivity contribution in [3.05, 3.63) is 24.3 Å². The van der Waals surface area contributed by atoms with E-state index in [4.69, 9.17) is 4.74 Å². The van der Waals surface area contributed by atoms with Crippen LogP contribution in [0.2, 0.25) is 0 Å². The van der Waals surface area contributed by atoms with Crippen molar-refractivity contribution in [1.82, 2.24) is 5.32 Å². The topological polar surface area (TPSA) is 116 Å². The van der Waals surface area contributed by atoms with Gasteiger partial charge in [0.1, 0.15) is 6.10 Å². The molecule has 0 bridgehead atoms. The third-order valence-electron chi connectivity index (χ3n) is 15.8. The van der Waals surface area contributed by atoms with Gasteiger partial charge in [0.25, 0.3) is 0 Å². The number of aliphatic hydroxyl groups excluding tert-OH is 3. The molecule has 0 aromatic rings. The van der Waals surface area contributed by atoms with Crippen molar-refractivity contribution in [1.29, 1.82) is 0 Å². The minimum Gasteiger partial charge on any atom is -0.466 e. The number of hydrogen-bond donors (Lipinski definition) is 4. The first-order valence-corrected chi connectivity index (χ1v) is 33.7. The first-order valence-electron chi connectivity index (χ1n) is 33.7. The molecular weight excluding hydrogens is 927 g/mol. The van der Waals surface area contributed by atoms with E-state index in [1.165, 1.54) is 270 Å². The molecule has 0 spiro atoms. The summed E-state index contributed by atoms with van der Waals surface area (Å²) in [7, 11) is 0. The summed E-state index contributed by atoms with van der Waals surface area (Å²) in [4.78, 5) is 24.6. The number of allylic oxidation sites excluding steroid dienone is 4. The third-order valence-corrected chi connectivity index (χ3v) is 15.8. The Morgan fingerprint density at radius 3 is 1.08 bits per heavy atom. The fraction of sp³-hybridized carbons (Fsp3) is 0.912. The molecule has 4 N–H and O–H groups in total. The maximum absolute atomic E-state index is 12.5. The molecule has 7 heteroatoms. The lowest BCUT2D eigenvalue weighted by Crippen LogP contribution is -2.50. The van der Waals surface area contributed by atoms with Crippen molar-refractivity contribution in [3.8, 4) is 0 Å². The third kappa shape index (κ3) is 58.3. The lowest BCUT2D eigenvalue weighted by atomic mass is 9.99. The molecule has 1 amide bonds. The van der Waals surface area contributed by atoms with Crippen molar-refractivity contribution in [2.24, 2.45) is 0 Å². The Labute approximate surface area is 467 Å². The molecule has 0 saturated carbocycles. The summed E-state index contributed by atoms with van der Waals surface area (Å²) >= 11 is 0. The van der Waals surface area contributed by atoms with Crippen molar-refractivity contribution in [3.63, 3.8) is 0 Å². The molecule has 444 valence electrons. The van der Waals surface area contributed by atoms with Gasteiger partial charge in [-0.15, -0.1) is 0 Å². The number of hydrogen-bond acceptors (Lipinski definition) is 6. The zero-order valence-corrected chi connectivity index (χ0v) is 50.4. The minimum atomic E-state index is -1.14. The Kier molecular flexibility index (Phi) is 61.7. The maximum Gasteiger partial charge on any atom is 0.305 e. The van der Waals surface area contributed by atoms with Crippen molar-refractivity contribution in [2.45, 2.75) is 385 Å². The summed E-state index contributed by atoms with van der Waals surface area (Å²) < 4.78 is 5.48. The van der Waals surface area contributed by atoms with Crippen molar-refractivity contribution in [2.75, 3.05) is 13.2 Å². The van der Waals surface area contributed by atoms with Gasteiger partial charge in [-0.1, -0.05) is 321 Å². The number of carbonyl (C=O) groups excluding carboxylic acids is 2. The number of unbranched alkanes of at least 4 members (excludes halogenated alkanes) is 47. The molecule has 0 aliphatic rings. The van der Waals surface area contributed by atoms with Crippen LogP contribution in [0.15, 0.2) is 24.3 Å². The Morgan fingerprint density at radius 2 is 0.693 bits per heavy atom. The molecular formula is C68H131NO6. The Hall–Kier alpha value is -1.70. The van der Waals surface area contributed by atoms with Crippen molar-refractivity contribution >= 4 is 11.9 Å². The van der Waals surface area contributed by atoms with E-state index in [2.05, 4.69) is 43.5 Å². The van der Waals surface area contributed by atoms with E-state index in [1.54, 1.807) is 0 Å². The molecule has 0 aliphatic heterocycles. The maximum atomic E-state index is 12.5. The fourth-order valence-corrected chi connectivity index (χ4v) is 10.7. The molecule has 0 unspecified atom stereocenters. The van der Waals surface area contributed by atoms with Crippen LogP contribution < -0.4 is 5.32 Å². The van der Waals surface area contributed by atoms with Gasteiger partial charge in [-0.2, -0.15) is 0 Å². The van der Waals surface area contributed by atoms with Crippen LogP contribution in [0.5, 0.6) is 0 Å². The highest BCUT2D eigenvalue weighted by molar-refractivity contribution is 5.76. The average molecular weight is 1060 g/mol. The van der Waals surface area contributed by atoms with Crippen LogP contribution in [-0.4, -0.2) is 58.7 Å². The van der Waals surface area contributed by atoms with E-state index in [-0.39, 0.29) is 18.5 Å². The lowest BCUT2D eigenvalue weighted by Gasteiger charge is -2.26. The predicted octanol–water partition coefficient (Wildman–Crippen LogP) is 20.3. The largest absolute Gasteiger partial charge is 0.466 e. The highest BCUT2D eigenvalue weighted by Gasteiger charge is 2.27. The summed E-state index contributed by atoms with van der Waals surface area (Å²) in [5.74, 6) is -0.140. The second-order valence-electron chi connectivity index (χ2n) is 23.3. The molecule has 7 nitrogen and oxygen atoms in total. The van der Waals surface area contributed by atoms with Gasteiger partial charge in [0, 0.05) is 12.8 Å². The van der Waals surface area contributed by atoms with Crippen molar-refractivity contribution < 1.29 is 29.6 Å². The smallest absolute Gasteiger partial charge is 0.305 e. The molecule has 0 aromatic heterocycles. The van der Waals surface area contributed by atoms with Crippen LogP contribution in [0.3, 0.4) is 0 Å². The molecule has 0 radical (unpaired) electrons. The van der Waals surface area contributed by atoms with E-state index in [0.717, 1.165) is 64.2 Å². The molecule has 3 atom stereocenters. The van der Waals surface area contributed by atoms with Gasteiger partial charge in [0.2, 0.25) is 5.91 Å². The first-order chi connectivity index (χ1) is 37.0. The number of nitrogens with one attached hydrogen (secondary N) is 1. The van der Waals surface area contributed by atoms with E-state index in [9.17, 15) is 24.9 Å². The molecule has 0 rings (SSSR count). The van der Waals surface area contributed by atoms with Crippen LogP contribution in [0.1, 0.15) is 367 Å². The summed E-state index contributed by atoms with van der Waals surface area (Å²) in [5.41, 5.74) is 0. The highest BCUT2D eigenvalue weighted by Crippen LogP contribution is 2.19. The fourth-order valence-electron chi connectivity index (χ4n) is 10.7. The average Bonchev–Trinajstić information content (AvgIpc) is 3.41. The molecule has 0 fully saturated rings. The quantitative estimate of drug-likeness (QED) is 0.0274. The van der Waals surface area contributed by atoms with E-state index in [1.807, 2.05) is 0 Å². The Bertz CT molecular complexity index is 1190. The molecule has 0 saturated heterocycles. The van der Waals surface area contributed by atoms with Gasteiger partial charge in [-0.3, -0.25) is 9.59 Å². The monoisotopic (exact) mass is 1060 g/mol. The summed E-state index contributed by atoms with van der Waals surface area (Å²) in [6.45, 7) is 4.76. The van der Waals surface area contributed by atoms with E-state index < -0.39 is 18.2 Å². The molecule has 75 heavy (non-hydrogen) atoms. The predicted molar refractivity (Wildman–Crippen MR) is 326 cm³/mol. The second kappa shape index (κ2) is 63.1. The lowest BCUT2D eigenvalue weighted by molar-refractivity contribution is -0.143. The van der Waals surface area contributed by atoms with Gasteiger partial charge >= 0.3 is 5.97 Å². The van der Waals surface area contributed by atoms with Crippen LogP contribution in [0.4, 0.5) is 0 Å². The Morgan fingerprint density at radius 1 is 0.387 bits per heavy atom. The van der Waals surface area contributed by atoms with Gasteiger partial charge in [0.05, 0.1) is 25.4 Å². The SMILES string of the molecule is CCCCC/C=C\C/C=C\CCCCCCCC(=O)OCCCCCCCCCCCCCCCCCCCCCCCCCCCCCCCC(=O)N[C@@H](CO)[C@H](O)[C@H](O)CCCCCCCCCCCCCC.